The molecule has 0 radical (unpaired) electrons. The van der Waals surface area contributed by atoms with Gasteiger partial charge in [-0.1, -0.05) is 188 Å². The Labute approximate surface area is 417 Å². The van der Waals surface area contributed by atoms with Crippen LogP contribution in [0.4, 0.5) is 17.1 Å². The molecule has 72 heavy (non-hydrogen) atoms. The molecule has 3 nitrogen and oxygen atoms in total. The summed E-state index contributed by atoms with van der Waals surface area (Å²) in [5, 5.41) is 3.76. The maximum atomic E-state index is 2.53. The van der Waals surface area contributed by atoms with Gasteiger partial charge in [0, 0.05) is 49.9 Å². The first-order valence-corrected chi connectivity index (χ1v) is 25.0. The zero-order valence-corrected chi connectivity index (χ0v) is 39.2. The Morgan fingerprint density at radius 2 is 0.736 bits per heavy atom. The van der Waals surface area contributed by atoms with Crippen LogP contribution < -0.4 is 4.90 Å². The first-order valence-electron chi connectivity index (χ1n) is 25.0. The lowest BCUT2D eigenvalue weighted by Crippen LogP contribution is -2.26. The summed E-state index contributed by atoms with van der Waals surface area (Å²) in [6.45, 7) is 0. The van der Waals surface area contributed by atoms with Crippen LogP contribution in [0.1, 0.15) is 22.3 Å². The third kappa shape index (κ3) is 5.18. The second-order valence-corrected chi connectivity index (χ2v) is 19.5. The van der Waals surface area contributed by atoms with Crippen LogP contribution in [-0.4, -0.2) is 9.13 Å². The smallest absolute Gasteiger partial charge is 0.0726 e. The predicted octanol–water partition coefficient (Wildman–Crippen LogP) is 17.9. The van der Waals surface area contributed by atoms with Crippen molar-refractivity contribution in [3.8, 4) is 67.1 Å². The van der Waals surface area contributed by atoms with Crippen LogP contribution in [0.2, 0.25) is 0 Å². The number of benzene rings is 11. The molecule has 0 amide bonds. The second kappa shape index (κ2) is 14.8. The van der Waals surface area contributed by atoms with E-state index in [2.05, 4.69) is 275 Å². The van der Waals surface area contributed by atoms with E-state index in [1.165, 1.54) is 116 Å². The molecular formula is C69H43N3. The molecule has 0 saturated heterocycles. The molecule has 3 heteroatoms. The van der Waals surface area contributed by atoms with E-state index in [0.29, 0.717) is 0 Å². The molecule has 334 valence electrons. The first-order chi connectivity index (χ1) is 35.8. The van der Waals surface area contributed by atoms with E-state index in [1.807, 2.05) is 0 Å². The Bertz CT molecular complexity index is 4300. The molecule has 13 aromatic rings. The van der Waals surface area contributed by atoms with Gasteiger partial charge >= 0.3 is 0 Å². The summed E-state index contributed by atoms with van der Waals surface area (Å²) in [6.07, 6.45) is 0. The number of hydrogen-bond donors (Lipinski definition) is 0. The molecule has 11 aromatic carbocycles. The van der Waals surface area contributed by atoms with Gasteiger partial charge < -0.3 is 14.0 Å². The van der Waals surface area contributed by atoms with Crippen molar-refractivity contribution < 1.29 is 0 Å². The summed E-state index contributed by atoms with van der Waals surface area (Å²) in [5.41, 5.74) is 26.4. The minimum Gasteiger partial charge on any atom is -0.309 e. The molecule has 2 aliphatic carbocycles. The fourth-order valence-electron chi connectivity index (χ4n) is 13.2. The highest BCUT2D eigenvalue weighted by Gasteiger charge is 2.52. The van der Waals surface area contributed by atoms with E-state index in [9.17, 15) is 0 Å². The summed E-state index contributed by atoms with van der Waals surface area (Å²) < 4.78 is 4.94. The number of fused-ring (bicyclic) bond motifs is 20. The molecule has 0 fully saturated rings. The van der Waals surface area contributed by atoms with Crippen LogP contribution in [0.5, 0.6) is 0 Å². The highest BCUT2D eigenvalue weighted by molar-refractivity contribution is 6.14. The van der Waals surface area contributed by atoms with Crippen LogP contribution in [0.15, 0.2) is 261 Å². The minimum atomic E-state index is -0.544. The van der Waals surface area contributed by atoms with E-state index < -0.39 is 5.41 Å². The van der Waals surface area contributed by atoms with Gasteiger partial charge in [0.05, 0.1) is 39.0 Å². The third-order valence-corrected chi connectivity index (χ3v) is 16.1. The van der Waals surface area contributed by atoms with Crippen molar-refractivity contribution in [2.45, 2.75) is 5.41 Å². The number of hydrogen-bond acceptors (Lipinski definition) is 1. The van der Waals surface area contributed by atoms with Gasteiger partial charge in [0.1, 0.15) is 0 Å². The van der Waals surface area contributed by atoms with Crippen molar-refractivity contribution in [2.75, 3.05) is 4.90 Å². The molecule has 1 aliphatic heterocycles. The minimum absolute atomic E-state index is 0.544. The summed E-state index contributed by atoms with van der Waals surface area (Å²) in [7, 11) is 0. The molecule has 2 aromatic heterocycles. The van der Waals surface area contributed by atoms with Crippen LogP contribution in [0.3, 0.4) is 0 Å². The van der Waals surface area contributed by atoms with Gasteiger partial charge in [-0.15, -0.1) is 0 Å². The van der Waals surface area contributed by atoms with Crippen molar-refractivity contribution in [1.82, 2.24) is 9.13 Å². The lowest BCUT2D eigenvalue weighted by Gasteiger charge is -2.31. The molecular weight excluding hydrogens is 871 g/mol. The molecule has 0 N–H and O–H groups in total. The molecule has 0 bridgehead atoms. The average molecular weight is 914 g/mol. The van der Waals surface area contributed by atoms with Crippen LogP contribution in [0, 0.1) is 0 Å². The number of nitrogens with zero attached hydrogens (tertiary/aromatic N) is 3. The average Bonchev–Trinajstić information content (AvgIpc) is 4.14. The van der Waals surface area contributed by atoms with E-state index in [-0.39, 0.29) is 0 Å². The van der Waals surface area contributed by atoms with Gasteiger partial charge in [0.25, 0.3) is 0 Å². The highest BCUT2D eigenvalue weighted by Crippen LogP contribution is 2.64. The third-order valence-electron chi connectivity index (χ3n) is 16.1. The molecule has 0 unspecified atom stereocenters. The van der Waals surface area contributed by atoms with Crippen molar-refractivity contribution in [2.24, 2.45) is 0 Å². The molecule has 3 aliphatic rings. The van der Waals surface area contributed by atoms with Crippen molar-refractivity contribution in [1.29, 1.82) is 0 Å². The zero-order chi connectivity index (χ0) is 47.1. The normalized spacial score (nSPS) is 13.4. The van der Waals surface area contributed by atoms with Crippen molar-refractivity contribution in [3.63, 3.8) is 0 Å². The fourth-order valence-corrected chi connectivity index (χ4v) is 13.2. The van der Waals surface area contributed by atoms with Crippen molar-refractivity contribution in [3.05, 3.63) is 283 Å². The van der Waals surface area contributed by atoms with Crippen molar-refractivity contribution >= 4 is 49.8 Å². The van der Waals surface area contributed by atoms with Gasteiger partial charge in [-0.3, -0.25) is 0 Å². The first kappa shape index (κ1) is 39.4. The van der Waals surface area contributed by atoms with Gasteiger partial charge in [-0.25, -0.2) is 0 Å². The van der Waals surface area contributed by atoms with Gasteiger partial charge in [-0.2, -0.15) is 0 Å². The van der Waals surface area contributed by atoms with E-state index in [4.69, 9.17) is 0 Å². The second-order valence-electron chi connectivity index (χ2n) is 19.5. The lowest BCUT2D eigenvalue weighted by molar-refractivity contribution is 0.793. The molecule has 16 rings (SSSR count). The van der Waals surface area contributed by atoms with Crippen LogP contribution in [0.25, 0.3) is 99.8 Å². The molecule has 3 heterocycles. The van der Waals surface area contributed by atoms with E-state index in [0.717, 1.165) is 22.7 Å². The van der Waals surface area contributed by atoms with Gasteiger partial charge in [-0.05, 0) is 128 Å². The van der Waals surface area contributed by atoms with Gasteiger partial charge in [0.15, 0.2) is 0 Å². The number of anilines is 3. The maximum Gasteiger partial charge on any atom is 0.0726 e. The Hall–Kier alpha value is -9.44. The molecule has 1 spiro atoms. The largest absolute Gasteiger partial charge is 0.309 e. The van der Waals surface area contributed by atoms with Crippen LogP contribution in [-0.2, 0) is 5.41 Å². The monoisotopic (exact) mass is 913 g/mol. The zero-order valence-electron chi connectivity index (χ0n) is 39.2. The number of rotatable bonds is 4. The Morgan fingerprint density at radius 1 is 0.264 bits per heavy atom. The Balaban J connectivity index is 0.955. The SMILES string of the molecule is c1ccc(N2c3cc(-c4ccc5c(c4)C4(c6ccccc6-c6ccccc64)c4cc(-n6c7ccccc7c7ccccc76)ccc4-5)ccc3-c3c(n(-c4ccccc4)c4ccccc34)-c3ccccc32)cc1. The topological polar surface area (TPSA) is 13.1 Å². The highest BCUT2D eigenvalue weighted by atomic mass is 15.2. The van der Waals surface area contributed by atoms with E-state index in [1.54, 1.807) is 0 Å². The maximum absolute atomic E-state index is 2.53. The fraction of sp³-hybridized carbons (Fsp3) is 0.0145. The van der Waals surface area contributed by atoms with Gasteiger partial charge in [0.2, 0.25) is 0 Å². The molecule has 0 atom stereocenters. The summed E-state index contributed by atoms with van der Waals surface area (Å²) in [6, 6.07) is 97.3. The predicted molar refractivity (Wildman–Crippen MR) is 298 cm³/mol. The van der Waals surface area contributed by atoms with E-state index >= 15 is 0 Å². The quantitative estimate of drug-likeness (QED) is 0.171. The Kier molecular flexibility index (Phi) is 8.09. The number of para-hydroxylation sites is 6. The standard InChI is InChI=1S/C69H43N3/c1-3-19-46(20-4-1)70-65-34-18-12-28-57(65)68-67(55-27-11-17-33-64(55)72(68)47-21-5-2-6-22-47)56-39-36-45(42-66(56)70)44-35-38-51-52-40-37-48(71-62-31-15-9-25-53(62)54-26-10-16-32-63(54)71)43-61(52)69(60(51)41-44)58-29-13-7-23-49(58)50-24-8-14-30-59(50)69/h1-43H. The number of aromatic nitrogens is 2. The lowest BCUT2D eigenvalue weighted by atomic mass is 9.70. The molecule has 0 saturated carbocycles. The van der Waals surface area contributed by atoms with Crippen LogP contribution >= 0.6 is 0 Å². The summed E-state index contributed by atoms with van der Waals surface area (Å²) in [5.74, 6) is 0. The Morgan fingerprint density at radius 3 is 1.40 bits per heavy atom. The summed E-state index contributed by atoms with van der Waals surface area (Å²) in [4.78, 5) is 2.49. The summed E-state index contributed by atoms with van der Waals surface area (Å²) >= 11 is 0.